The van der Waals surface area contributed by atoms with Crippen molar-refractivity contribution in [3.63, 3.8) is 0 Å². The van der Waals surface area contributed by atoms with Crippen LogP contribution >= 0.6 is 25.1 Å². The fourth-order valence-electron chi connectivity index (χ4n) is 3.60. The number of nitrogens with one attached hydrogen (secondary N) is 1. The lowest BCUT2D eigenvalue weighted by atomic mass is 10.1. The van der Waals surface area contributed by atoms with Crippen molar-refractivity contribution >= 4 is 48.8 Å². The lowest BCUT2D eigenvalue weighted by Gasteiger charge is -2.25. The Morgan fingerprint density at radius 1 is 1.17 bits per heavy atom. The Labute approximate surface area is 211 Å². The maximum atomic E-state index is 13.1. The molecule has 1 heterocycles. The zero-order chi connectivity index (χ0) is 26.2. The van der Waals surface area contributed by atoms with E-state index in [0.29, 0.717) is 23.0 Å². The van der Waals surface area contributed by atoms with Crippen molar-refractivity contribution in [3.8, 4) is 0 Å². The number of thiol groups is 1. The number of benzene rings is 2. The molecule has 0 radical (unpaired) electrons. The number of hydrogen-bond donors (Lipinski definition) is 2. The monoisotopic (exact) mass is 529 g/mol. The molecule has 1 aromatic heterocycles. The fraction of sp³-hybridized carbons (Fsp3) is 0.348. The molecule has 0 unspecified atom stereocenters. The minimum Gasteiger partial charge on any atom is -0.339 e. The molecule has 0 fully saturated rings. The second-order valence-electron chi connectivity index (χ2n) is 7.98. The van der Waals surface area contributed by atoms with Gasteiger partial charge in [-0.15, -0.1) is 3.89 Å². The lowest BCUT2D eigenvalue weighted by molar-refractivity contribution is -0.159. The van der Waals surface area contributed by atoms with E-state index in [1.54, 1.807) is 18.2 Å². The van der Waals surface area contributed by atoms with Gasteiger partial charge in [-0.1, -0.05) is 41.0 Å². The van der Waals surface area contributed by atoms with Gasteiger partial charge >= 0.3 is 6.18 Å². The summed E-state index contributed by atoms with van der Waals surface area (Å²) in [5.41, 5.74) is 5.50. The minimum absolute atomic E-state index is 0.0423. The minimum atomic E-state index is -4.47. The molecule has 12 heteroatoms. The summed E-state index contributed by atoms with van der Waals surface area (Å²) in [7, 11) is 1.18. The maximum absolute atomic E-state index is 13.1. The van der Waals surface area contributed by atoms with Crippen molar-refractivity contribution in [2.75, 3.05) is 13.6 Å². The van der Waals surface area contributed by atoms with Gasteiger partial charge in [0, 0.05) is 13.1 Å². The van der Waals surface area contributed by atoms with Crippen LogP contribution in [0.4, 0.5) is 17.1 Å². The third-order valence-corrected chi connectivity index (χ3v) is 5.64. The van der Waals surface area contributed by atoms with Crippen LogP contribution in [0.1, 0.15) is 28.1 Å². The topological polar surface area (TPSA) is 62.5 Å². The molecule has 0 aliphatic carbocycles. The Morgan fingerprint density at radius 3 is 2.23 bits per heavy atom. The second-order valence-corrected chi connectivity index (χ2v) is 8.72. The molecule has 0 saturated carbocycles. The molecule has 0 spiro atoms. The van der Waals surface area contributed by atoms with E-state index < -0.39 is 18.8 Å². The first kappa shape index (κ1) is 28.7. The van der Waals surface area contributed by atoms with Crippen molar-refractivity contribution in [1.29, 1.82) is 0 Å². The van der Waals surface area contributed by atoms with Crippen molar-refractivity contribution in [2.45, 2.75) is 39.5 Å². The molecule has 0 bridgehead atoms. The average Bonchev–Trinajstić information content (AvgIpc) is 3.11. The van der Waals surface area contributed by atoms with Crippen molar-refractivity contribution in [2.24, 2.45) is 4.40 Å². The number of alkyl halides is 3. The van der Waals surface area contributed by atoms with Crippen LogP contribution < -0.4 is 5.32 Å². The Kier molecular flexibility index (Phi) is 10.6. The largest absolute Gasteiger partial charge is 0.405 e. The van der Waals surface area contributed by atoms with Gasteiger partial charge in [0.05, 0.1) is 17.2 Å². The number of carbonyl (C=O) groups excluding carboxylic acids is 1. The quantitative estimate of drug-likeness (QED) is 0.178. The number of amides is 1. The molecule has 190 valence electrons. The Morgan fingerprint density at radius 2 is 1.77 bits per heavy atom. The number of halogens is 4. The summed E-state index contributed by atoms with van der Waals surface area (Å²) < 4.78 is 56.4. The smallest absolute Gasteiger partial charge is 0.339 e. The molecule has 3 aromatic rings. The van der Waals surface area contributed by atoms with Crippen LogP contribution in [-0.2, 0) is 11.3 Å². The number of imidazole rings is 1. The first-order chi connectivity index (χ1) is 16.5. The van der Waals surface area contributed by atoms with Gasteiger partial charge in [0.1, 0.15) is 6.04 Å². The predicted molar refractivity (Wildman–Crippen MR) is 136 cm³/mol. The third-order valence-electron chi connectivity index (χ3n) is 5.01. The summed E-state index contributed by atoms with van der Waals surface area (Å²) in [6.07, 6.45) is -2.86. The second kappa shape index (κ2) is 12.9. The normalized spacial score (nSPS) is 12.5. The molecule has 1 amide bonds. The van der Waals surface area contributed by atoms with Crippen molar-refractivity contribution < 1.29 is 21.9 Å². The number of aryl methyl sites for hydroxylation is 3. The fourth-order valence-corrected chi connectivity index (χ4v) is 4.09. The van der Waals surface area contributed by atoms with E-state index in [1.165, 1.54) is 33.9 Å². The summed E-state index contributed by atoms with van der Waals surface area (Å²) in [5, 5.41) is 2.15. The van der Waals surface area contributed by atoms with Crippen LogP contribution in [-0.4, -0.2) is 52.3 Å². The maximum Gasteiger partial charge on any atom is 0.405 e. The van der Waals surface area contributed by atoms with Crippen LogP contribution in [0.25, 0.3) is 11.0 Å². The first-order valence-corrected chi connectivity index (χ1v) is 11.6. The molecule has 1 N–H and O–H groups in total. The highest BCUT2D eigenvalue weighted by atomic mass is 32.2. The molecule has 3 rings (SSSR count). The van der Waals surface area contributed by atoms with E-state index in [1.807, 2.05) is 0 Å². The molecular formula is C23H27F4N5OS2. The summed E-state index contributed by atoms with van der Waals surface area (Å²) >= 11 is 3.62. The molecule has 0 aliphatic rings. The standard InChI is InChI=1S/C14H15F4N5OS2.C9H12/c1-19-12(14(15,16)17)7-22(8-24)6-9-2-3-11-10(4-9)21-13(5-20-25)23(11)26-18;1-7-4-8(2)6-9(3)5-7/h2-5,8,12,19,25H,6-7H2,1H3;4-6H,1-3H3/b20-5+;/t12-;/m0./s1. The molecule has 2 aromatic carbocycles. The first-order valence-electron chi connectivity index (χ1n) is 10.5. The van der Waals surface area contributed by atoms with Crippen molar-refractivity contribution in [3.05, 3.63) is 64.5 Å². The van der Waals surface area contributed by atoms with Crippen molar-refractivity contribution in [1.82, 2.24) is 19.2 Å². The van der Waals surface area contributed by atoms with Crippen LogP contribution in [0.2, 0.25) is 0 Å². The summed E-state index contributed by atoms with van der Waals surface area (Å²) in [6, 6.07) is 9.47. The zero-order valence-electron chi connectivity index (χ0n) is 19.7. The van der Waals surface area contributed by atoms with E-state index in [4.69, 9.17) is 0 Å². The van der Waals surface area contributed by atoms with E-state index >= 15 is 0 Å². The number of nitrogens with zero attached hydrogens (tertiary/aromatic N) is 4. The van der Waals surface area contributed by atoms with E-state index in [-0.39, 0.29) is 24.7 Å². The number of likely N-dealkylation sites (N-methyl/N-ethyl adjacent to an activating group) is 1. The number of rotatable bonds is 8. The number of aromatic nitrogens is 2. The van der Waals surface area contributed by atoms with E-state index in [2.05, 4.69) is 66.5 Å². The highest BCUT2D eigenvalue weighted by molar-refractivity contribution is 7.93. The van der Waals surface area contributed by atoms with Crippen LogP contribution in [0.5, 0.6) is 0 Å². The van der Waals surface area contributed by atoms with Gasteiger partial charge in [0.15, 0.2) is 18.2 Å². The molecule has 0 saturated heterocycles. The number of hydrogen-bond acceptors (Lipinski definition) is 6. The number of carbonyl (C=O) groups is 1. The van der Waals surface area contributed by atoms with Crippen LogP contribution in [0.15, 0.2) is 40.8 Å². The van der Waals surface area contributed by atoms with Gasteiger partial charge in [-0.25, -0.2) is 13.4 Å². The molecule has 6 nitrogen and oxygen atoms in total. The van der Waals surface area contributed by atoms with Gasteiger partial charge in [-0.05, 0) is 58.3 Å². The SMILES string of the molecule is CN[C@@H](CN(C=O)Cc1ccc2c(c1)nc(/C=N/S)n2SF)C(F)(F)F.Cc1cc(C)cc(C)c1. The molecule has 1 atom stereocenters. The number of fused-ring (bicyclic) bond motifs is 1. The zero-order valence-corrected chi connectivity index (χ0v) is 21.4. The average molecular weight is 530 g/mol. The molecule has 35 heavy (non-hydrogen) atoms. The predicted octanol–water partition coefficient (Wildman–Crippen LogP) is 5.40. The summed E-state index contributed by atoms with van der Waals surface area (Å²) in [4.78, 5) is 16.4. The Hall–Kier alpha value is -2.57. The summed E-state index contributed by atoms with van der Waals surface area (Å²) in [5.74, 6) is 0.221. The molecule has 0 aliphatic heterocycles. The van der Waals surface area contributed by atoms with Gasteiger partial charge in [0.2, 0.25) is 6.41 Å². The van der Waals surface area contributed by atoms with Gasteiger partial charge in [-0.3, -0.25) is 4.79 Å². The van der Waals surface area contributed by atoms with Gasteiger partial charge in [0.25, 0.3) is 0 Å². The van der Waals surface area contributed by atoms with Crippen LogP contribution in [0, 0.1) is 20.8 Å². The Bertz CT molecular complexity index is 1120. The van der Waals surface area contributed by atoms with Gasteiger partial charge < -0.3 is 10.2 Å². The molecular weight excluding hydrogens is 502 g/mol. The Balaban J connectivity index is 0.000000402. The van der Waals surface area contributed by atoms with Crippen LogP contribution in [0.3, 0.4) is 0 Å². The third kappa shape index (κ3) is 8.25. The highest BCUT2D eigenvalue weighted by Gasteiger charge is 2.39. The van der Waals surface area contributed by atoms with E-state index in [0.717, 1.165) is 4.90 Å². The highest BCUT2D eigenvalue weighted by Crippen LogP contribution is 2.24. The lowest BCUT2D eigenvalue weighted by Crippen LogP contribution is -2.48. The van der Waals surface area contributed by atoms with E-state index in [9.17, 15) is 21.9 Å². The summed E-state index contributed by atoms with van der Waals surface area (Å²) in [6.45, 7) is 5.80. The van der Waals surface area contributed by atoms with Gasteiger partial charge in [-0.2, -0.15) is 13.2 Å².